The molecule has 0 aliphatic rings. The molecule has 108 valence electrons. The quantitative estimate of drug-likeness (QED) is 0.812. The zero-order valence-electron chi connectivity index (χ0n) is 12.2. The molecule has 20 heavy (non-hydrogen) atoms. The predicted molar refractivity (Wildman–Crippen MR) is 79.7 cm³/mol. The Labute approximate surface area is 119 Å². The first-order valence-corrected chi connectivity index (χ1v) is 6.79. The van der Waals surface area contributed by atoms with Crippen LogP contribution in [-0.2, 0) is 4.79 Å². The van der Waals surface area contributed by atoms with Crippen LogP contribution in [0.25, 0.3) is 6.08 Å². The highest BCUT2D eigenvalue weighted by Crippen LogP contribution is 2.14. The number of carbonyl (C=O) groups is 2. The molecular formula is C16H21NO3. The molecule has 1 N–H and O–H groups in total. The zero-order chi connectivity index (χ0) is 15.1. The number of benzene rings is 1. The molecule has 0 unspecified atom stereocenters. The van der Waals surface area contributed by atoms with Crippen LogP contribution in [0.1, 0.15) is 41.8 Å². The highest BCUT2D eigenvalue weighted by molar-refractivity contribution is 5.95. The number of carboxylic acid groups (broad SMARTS) is 1. The van der Waals surface area contributed by atoms with E-state index in [1.807, 2.05) is 32.9 Å². The molecule has 1 rings (SSSR count). The molecule has 0 heterocycles. The maximum atomic E-state index is 12.4. The zero-order valence-corrected chi connectivity index (χ0v) is 12.2. The van der Waals surface area contributed by atoms with Gasteiger partial charge in [-0.05, 0) is 49.6 Å². The Morgan fingerprint density at radius 1 is 1.25 bits per heavy atom. The lowest BCUT2D eigenvalue weighted by Gasteiger charge is -2.20. The third-order valence-corrected chi connectivity index (χ3v) is 2.93. The van der Waals surface area contributed by atoms with Gasteiger partial charge in [-0.25, -0.2) is 4.79 Å². The van der Waals surface area contributed by atoms with E-state index in [0.29, 0.717) is 12.1 Å². The number of hydrogen-bond acceptors (Lipinski definition) is 2. The molecule has 1 amide bonds. The van der Waals surface area contributed by atoms with Gasteiger partial charge in [0.25, 0.3) is 5.91 Å². The molecule has 0 spiro atoms. The summed E-state index contributed by atoms with van der Waals surface area (Å²) >= 11 is 0. The molecule has 0 aromatic heterocycles. The van der Waals surface area contributed by atoms with Crippen molar-refractivity contribution in [1.82, 2.24) is 4.90 Å². The average molecular weight is 275 g/mol. The second kappa shape index (κ2) is 7.48. The first-order chi connectivity index (χ1) is 9.47. The van der Waals surface area contributed by atoms with Gasteiger partial charge in [0.2, 0.25) is 0 Å². The van der Waals surface area contributed by atoms with Crippen LogP contribution in [0.3, 0.4) is 0 Å². The number of carboxylic acids is 1. The standard InChI is InChI=1S/C16H21NO3/c1-4-8-17(5-2)16(20)14-10-12(3)9-13(11-14)6-7-15(18)19/h6-7,9-11H,4-5,8H2,1-3H3,(H,18,19)/b7-6+. The molecule has 0 aliphatic carbocycles. The van der Waals surface area contributed by atoms with Crippen LogP contribution in [0.5, 0.6) is 0 Å². The van der Waals surface area contributed by atoms with Crippen molar-refractivity contribution in [3.63, 3.8) is 0 Å². The molecule has 0 fully saturated rings. The number of rotatable bonds is 6. The van der Waals surface area contributed by atoms with Gasteiger partial charge >= 0.3 is 5.97 Å². The average Bonchev–Trinajstić information content (AvgIpc) is 2.41. The molecule has 1 aromatic carbocycles. The van der Waals surface area contributed by atoms with E-state index in [0.717, 1.165) is 30.2 Å². The monoisotopic (exact) mass is 275 g/mol. The summed E-state index contributed by atoms with van der Waals surface area (Å²) in [6.07, 6.45) is 3.49. The molecule has 4 heteroatoms. The minimum atomic E-state index is -0.999. The van der Waals surface area contributed by atoms with Crippen molar-refractivity contribution in [2.75, 3.05) is 13.1 Å². The number of amides is 1. The van der Waals surface area contributed by atoms with E-state index in [4.69, 9.17) is 5.11 Å². The van der Waals surface area contributed by atoms with E-state index in [1.165, 1.54) is 6.08 Å². The Kier molecular flexibility index (Phi) is 5.97. The Hall–Kier alpha value is -2.10. The largest absolute Gasteiger partial charge is 0.478 e. The van der Waals surface area contributed by atoms with Gasteiger partial charge in [0.15, 0.2) is 0 Å². The third kappa shape index (κ3) is 4.53. The van der Waals surface area contributed by atoms with Crippen LogP contribution in [0.15, 0.2) is 24.3 Å². The van der Waals surface area contributed by atoms with Crippen LogP contribution in [0.2, 0.25) is 0 Å². The summed E-state index contributed by atoms with van der Waals surface area (Å²) < 4.78 is 0. The molecule has 4 nitrogen and oxygen atoms in total. The van der Waals surface area contributed by atoms with Gasteiger partial charge in [-0.3, -0.25) is 4.79 Å². The fourth-order valence-electron chi connectivity index (χ4n) is 2.06. The second-order valence-electron chi connectivity index (χ2n) is 4.69. The van der Waals surface area contributed by atoms with E-state index in [1.54, 1.807) is 11.0 Å². The van der Waals surface area contributed by atoms with Crippen molar-refractivity contribution in [1.29, 1.82) is 0 Å². The summed E-state index contributed by atoms with van der Waals surface area (Å²) in [7, 11) is 0. The Morgan fingerprint density at radius 3 is 2.50 bits per heavy atom. The summed E-state index contributed by atoms with van der Waals surface area (Å²) in [6.45, 7) is 7.28. The Balaban J connectivity index is 3.06. The van der Waals surface area contributed by atoms with E-state index >= 15 is 0 Å². The van der Waals surface area contributed by atoms with Gasteiger partial charge in [-0.15, -0.1) is 0 Å². The normalized spacial score (nSPS) is 10.8. The molecule has 0 atom stereocenters. The van der Waals surface area contributed by atoms with Crippen molar-refractivity contribution < 1.29 is 14.7 Å². The molecule has 0 saturated carbocycles. The van der Waals surface area contributed by atoms with Crippen molar-refractivity contribution in [3.05, 3.63) is 41.0 Å². The lowest BCUT2D eigenvalue weighted by Crippen LogP contribution is -2.31. The van der Waals surface area contributed by atoms with Crippen molar-refractivity contribution in [2.24, 2.45) is 0 Å². The van der Waals surface area contributed by atoms with Crippen molar-refractivity contribution >= 4 is 18.0 Å². The van der Waals surface area contributed by atoms with E-state index in [9.17, 15) is 9.59 Å². The highest BCUT2D eigenvalue weighted by Gasteiger charge is 2.13. The van der Waals surface area contributed by atoms with E-state index in [2.05, 4.69) is 0 Å². The number of carbonyl (C=O) groups excluding carboxylic acids is 1. The number of hydrogen-bond donors (Lipinski definition) is 1. The van der Waals surface area contributed by atoms with Crippen molar-refractivity contribution in [2.45, 2.75) is 27.2 Å². The van der Waals surface area contributed by atoms with Gasteiger partial charge in [-0.1, -0.05) is 13.0 Å². The third-order valence-electron chi connectivity index (χ3n) is 2.93. The first kappa shape index (κ1) is 16.0. The Bertz CT molecular complexity index is 520. The van der Waals surface area contributed by atoms with Crippen LogP contribution in [-0.4, -0.2) is 35.0 Å². The van der Waals surface area contributed by atoms with Gasteiger partial charge in [0.05, 0.1) is 0 Å². The second-order valence-corrected chi connectivity index (χ2v) is 4.69. The number of nitrogens with zero attached hydrogens (tertiary/aromatic N) is 1. The summed E-state index contributed by atoms with van der Waals surface area (Å²) in [6, 6.07) is 5.41. The van der Waals surface area contributed by atoms with E-state index < -0.39 is 5.97 Å². The van der Waals surface area contributed by atoms with Gasteiger partial charge in [-0.2, -0.15) is 0 Å². The van der Waals surface area contributed by atoms with Gasteiger partial charge in [0.1, 0.15) is 0 Å². The minimum absolute atomic E-state index is 0.0111. The topological polar surface area (TPSA) is 57.6 Å². The van der Waals surface area contributed by atoms with Crippen LogP contribution in [0.4, 0.5) is 0 Å². The summed E-state index contributed by atoms with van der Waals surface area (Å²) in [5, 5.41) is 8.66. The smallest absolute Gasteiger partial charge is 0.328 e. The van der Waals surface area contributed by atoms with E-state index in [-0.39, 0.29) is 5.91 Å². The summed E-state index contributed by atoms with van der Waals surface area (Å²) in [4.78, 5) is 24.7. The number of aryl methyl sites for hydroxylation is 1. The predicted octanol–water partition coefficient (Wildman–Crippen LogP) is 2.96. The Morgan fingerprint density at radius 2 is 1.95 bits per heavy atom. The molecule has 0 saturated heterocycles. The fourth-order valence-corrected chi connectivity index (χ4v) is 2.06. The molecule has 0 radical (unpaired) electrons. The van der Waals surface area contributed by atoms with Crippen LogP contribution >= 0.6 is 0 Å². The summed E-state index contributed by atoms with van der Waals surface area (Å²) in [5.74, 6) is -1.01. The van der Waals surface area contributed by atoms with Crippen molar-refractivity contribution in [3.8, 4) is 0 Å². The molecule has 1 aromatic rings. The van der Waals surface area contributed by atoms with Gasteiger partial charge < -0.3 is 10.0 Å². The lowest BCUT2D eigenvalue weighted by molar-refractivity contribution is -0.131. The molecule has 0 aliphatic heterocycles. The lowest BCUT2D eigenvalue weighted by atomic mass is 10.0. The van der Waals surface area contributed by atoms with Crippen LogP contribution in [0, 0.1) is 6.92 Å². The molecule has 0 bridgehead atoms. The molecular weight excluding hydrogens is 254 g/mol. The van der Waals surface area contributed by atoms with Gasteiger partial charge in [0, 0.05) is 24.7 Å². The first-order valence-electron chi connectivity index (χ1n) is 6.79. The number of aliphatic carboxylic acids is 1. The summed E-state index contributed by atoms with van der Waals surface area (Å²) in [5.41, 5.74) is 2.27. The minimum Gasteiger partial charge on any atom is -0.478 e. The highest BCUT2D eigenvalue weighted by atomic mass is 16.4. The maximum absolute atomic E-state index is 12.4. The maximum Gasteiger partial charge on any atom is 0.328 e. The SMILES string of the molecule is CCCN(CC)C(=O)c1cc(C)cc(/C=C/C(=O)O)c1. The fraction of sp³-hybridized carbons (Fsp3) is 0.375. The van der Waals surface area contributed by atoms with Crippen LogP contribution < -0.4 is 0 Å².